The average Bonchev–Trinajstić information content (AvgIpc) is 3.02. The number of hydrogen-bond acceptors (Lipinski definition) is 3. The van der Waals surface area contributed by atoms with Crippen molar-refractivity contribution in [2.45, 2.75) is 6.18 Å². The van der Waals surface area contributed by atoms with Crippen molar-refractivity contribution in [1.29, 1.82) is 0 Å². The number of alkyl halides is 3. The van der Waals surface area contributed by atoms with E-state index in [2.05, 4.69) is 10.1 Å². The Morgan fingerprint density at radius 1 is 1.33 bits per heavy atom. The lowest BCUT2D eigenvalue weighted by atomic mass is 10.1. The predicted molar refractivity (Wildman–Crippen MR) is 65.8 cm³/mol. The number of halogens is 3. The number of H-pyrrole nitrogens is 1. The summed E-state index contributed by atoms with van der Waals surface area (Å²) in [5.74, 6) is -1.40. The number of aromatic amines is 1. The quantitative estimate of drug-likeness (QED) is 0.758. The average molecular weight is 296 g/mol. The molecule has 2 heterocycles. The van der Waals surface area contributed by atoms with Gasteiger partial charge < -0.3 is 14.6 Å². The number of carboxylic acid groups (broad SMARTS) is 1. The van der Waals surface area contributed by atoms with Gasteiger partial charge in [-0.05, 0) is 12.1 Å². The van der Waals surface area contributed by atoms with Crippen LogP contribution in [0.2, 0.25) is 0 Å². The maximum atomic E-state index is 12.9. The van der Waals surface area contributed by atoms with Gasteiger partial charge in [-0.15, -0.1) is 0 Å². The highest BCUT2D eigenvalue weighted by Crippen LogP contribution is 2.36. The van der Waals surface area contributed by atoms with E-state index in [9.17, 15) is 18.0 Å². The molecule has 1 aromatic carbocycles. The summed E-state index contributed by atoms with van der Waals surface area (Å²) in [4.78, 5) is 13.6. The van der Waals surface area contributed by atoms with E-state index in [1.54, 1.807) is 0 Å². The summed E-state index contributed by atoms with van der Waals surface area (Å²) in [6, 6.07) is 5.10. The van der Waals surface area contributed by atoms with Gasteiger partial charge in [0.1, 0.15) is 5.56 Å². The molecule has 0 saturated carbocycles. The minimum absolute atomic E-state index is 0.119. The second kappa shape index (κ2) is 4.37. The Balaban J connectivity index is 2.23. The standard InChI is InChI=1S/C13H7F3N2O3/c14-13(15,16)8-3-1-2-6-4-9(18-10(6)8)11-7(12(19)20)5-17-21-11/h1-5,18H,(H,19,20). The van der Waals surface area contributed by atoms with Gasteiger partial charge in [0.25, 0.3) is 0 Å². The number of carbonyl (C=O) groups is 1. The molecule has 3 aromatic rings. The van der Waals surface area contributed by atoms with Gasteiger partial charge in [0.15, 0.2) is 5.76 Å². The fourth-order valence-electron chi connectivity index (χ4n) is 2.10. The second-order valence-electron chi connectivity index (χ2n) is 4.32. The molecule has 0 radical (unpaired) electrons. The summed E-state index contributed by atoms with van der Waals surface area (Å²) in [5, 5.41) is 12.6. The topological polar surface area (TPSA) is 79.1 Å². The summed E-state index contributed by atoms with van der Waals surface area (Å²) in [7, 11) is 0. The van der Waals surface area contributed by atoms with Gasteiger partial charge in [0, 0.05) is 5.39 Å². The SMILES string of the molecule is O=C(O)c1cnoc1-c1cc2cccc(C(F)(F)F)c2[nH]1. The normalized spacial score (nSPS) is 12.0. The molecule has 8 heteroatoms. The third-order valence-corrected chi connectivity index (χ3v) is 3.01. The Morgan fingerprint density at radius 2 is 2.10 bits per heavy atom. The molecule has 5 nitrogen and oxygen atoms in total. The van der Waals surface area contributed by atoms with E-state index in [1.807, 2.05) is 0 Å². The van der Waals surface area contributed by atoms with E-state index >= 15 is 0 Å². The van der Waals surface area contributed by atoms with Crippen LogP contribution < -0.4 is 0 Å². The number of nitrogens with one attached hydrogen (secondary N) is 1. The fraction of sp³-hybridized carbons (Fsp3) is 0.0769. The first-order chi connectivity index (χ1) is 9.88. The summed E-state index contributed by atoms with van der Waals surface area (Å²) in [6.07, 6.45) is -3.52. The van der Waals surface area contributed by atoms with Gasteiger partial charge >= 0.3 is 12.1 Å². The first-order valence-corrected chi connectivity index (χ1v) is 5.75. The van der Waals surface area contributed by atoms with E-state index in [4.69, 9.17) is 9.63 Å². The number of aromatic carboxylic acids is 1. The number of benzene rings is 1. The Labute approximate surface area is 115 Å². The molecular weight excluding hydrogens is 289 g/mol. The van der Waals surface area contributed by atoms with E-state index in [1.165, 1.54) is 18.2 Å². The molecular formula is C13H7F3N2O3. The van der Waals surface area contributed by atoms with Gasteiger partial charge in [-0.3, -0.25) is 0 Å². The lowest BCUT2D eigenvalue weighted by molar-refractivity contribution is -0.136. The maximum absolute atomic E-state index is 12.9. The molecule has 0 atom stereocenters. The van der Waals surface area contributed by atoms with Crippen molar-refractivity contribution in [2.75, 3.05) is 0 Å². The molecule has 0 aliphatic heterocycles. The summed E-state index contributed by atoms with van der Waals surface area (Å²) >= 11 is 0. The van der Waals surface area contributed by atoms with E-state index < -0.39 is 17.7 Å². The van der Waals surface area contributed by atoms with Gasteiger partial charge in [-0.2, -0.15) is 13.2 Å². The van der Waals surface area contributed by atoms with Crippen molar-refractivity contribution in [3.63, 3.8) is 0 Å². The fourth-order valence-corrected chi connectivity index (χ4v) is 2.10. The minimum Gasteiger partial charge on any atom is -0.477 e. The van der Waals surface area contributed by atoms with Crippen molar-refractivity contribution < 1.29 is 27.6 Å². The highest BCUT2D eigenvalue weighted by Gasteiger charge is 2.33. The van der Waals surface area contributed by atoms with Crippen LogP contribution in [0.25, 0.3) is 22.4 Å². The van der Waals surface area contributed by atoms with Gasteiger partial charge in [-0.25, -0.2) is 4.79 Å². The second-order valence-corrected chi connectivity index (χ2v) is 4.32. The molecule has 0 unspecified atom stereocenters. The van der Waals surface area contributed by atoms with Gasteiger partial charge in [0.05, 0.1) is 23.0 Å². The third-order valence-electron chi connectivity index (χ3n) is 3.01. The van der Waals surface area contributed by atoms with Gasteiger partial charge in [0.2, 0.25) is 0 Å². The molecule has 0 fully saturated rings. The lowest BCUT2D eigenvalue weighted by Crippen LogP contribution is -2.05. The molecule has 0 aliphatic carbocycles. The molecule has 0 saturated heterocycles. The predicted octanol–water partition coefficient (Wildman–Crippen LogP) is 3.54. The molecule has 2 aromatic heterocycles. The van der Waals surface area contributed by atoms with Crippen LogP contribution in [-0.4, -0.2) is 21.2 Å². The van der Waals surface area contributed by atoms with Crippen LogP contribution >= 0.6 is 0 Å². The smallest absolute Gasteiger partial charge is 0.418 e. The molecule has 2 N–H and O–H groups in total. The van der Waals surface area contributed by atoms with Crippen LogP contribution in [0.1, 0.15) is 15.9 Å². The molecule has 3 rings (SSSR count). The molecule has 0 aliphatic rings. The lowest BCUT2D eigenvalue weighted by Gasteiger charge is -2.07. The van der Waals surface area contributed by atoms with Crippen LogP contribution in [0, 0.1) is 0 Å². The first-order valence-electron chi connectivity index (χ1n) is 5.75. The van der Waals surface area contributed by atoms with E-state index in [0.29, 0.717) is 5.39 Å². The number of para-hydroxylation sites is 1. The van der Waals surface area contributed by atoms with Crippen LogP contribution in [0.3, 0.4) is 0 Å². The van der Waals surface area contributed by atoms with E-state index in [0.717, 1.165) is 12.3 Å². The zero-order valence-electron chi connectivity index (χ0n) is 10.2. The van der Waals surface area contributed by atoms with Gasteiger partial charge in [-0.1, -0.05) is 17.3 Å². The number of hydrogen-bond donors (Lipinski definition) is 2. The maximum Gasteiger partial charge on any atom is 0.418 e. The molecule has 0 bridgehead atoms. The van der Waals surface area contributed by atoms with Crippen LogP contribution in [0.5, 0.6) is 0 Å². The molecule has 21 heavy (non-hydrogen) atoms. The molecule has 0 amide bonds. The monoisotopic (exact) mass is 296 g/mol. The minimum atomic E-state index is -4.52. The Kier molecular flexibility index (Phi) is 2.75. The summed E-state index contributed by atoms with van der Waals surface area (Å²) < 4.78 is 43.6. The number of fused-ring (bicyclic) bond motifs is 1. The third kappa shape index (κ3) is 2.14. The number of nitrogens with zero attached hydrogens (tertiary/aromatic N) is 1. The highest BCUT2D eigenvalue weighted by atomic mass is 19.4. The Bertz CT molecular complexity index is 833. The zero-order chi connectivity index (χ0) is 15.2. The molecule has 108 valence electrons. The largest absolute Gasteiger partial charge is 0.477 e. The number of carboxylic acids is 1. The Morgan fingerprint density at radius 3 is 2.76 bits per heavy atom. The molecule has 0 spiro atoms. The van der Waals surface area contributed by atoms with E-state index in [-0.39, 0.29) is 22.5 Å². The van der Waals surface area contributed by atoms with Crippen molar-refractivity contribution in [2.24, 2.45) is 0 Å². The number of aromatic nitrogens is 2. The van der Waals surface area contributed by atoms with Crippen LogP contribution in [0.15, 0.2) is 35.0 Å². The highest BCUT2D eigenvalue weighted by molar-refractivity contribution is 5.96. The zero-order valence-corrected chi connectivity index (χ0v) is 10.2. The summed E-state index contributed by atoms with van der Waals surface area (Å²) in [5.41, 5.74) is -1.07. The number of rotatable bonds is 2. The van der Waals surface area contributed by atoms with Crippen LogP contribution in [0.4, 0.5) is 13.2 Å². The Hall–Kier alpha value is -2.77. The van der Waals surface area contributed by atoms with Crippen molar-refractivity contribution in [3.8, 4) is 11.5 Å². The van der Waals surface area contributed by atoms with Crippen molar-refractivity contribution >= 4 is 16.9 Å². The first kappa shape index (κ1) is 13.2. The van der Waals surface area contributed by atoms with Crippen LogP contribution in [-0.2, 0) is 6.18 Å². The summed E-state index contributed by atoms with van der Waals surface area (Å²) in [6.45, 7) is 0. The van der Waals surface area contributed by atoms with Crippen molar-refractivity contribution in [1.82, 2.24) is 10.1 Å². The van der Waals surface area contributed by atoms with Crippen molar-refractivity contribution in [3.05, 3.63) is 41.6 Å².